The van der Waals surface area contributed by atoms with Crippen LogP contribution in [0.5, 0.6) is 0 Å². The highest BCUT2D eigenvalue weighted by molar-refractivity contribution is 5.77. The van der Waals surface area contributed by atoms with Crippen LogP contribution in [-0.4, -0.2) is 22.3 Å². The van der Waals surface area contributed by atoms with Crippen molar-refractivity contribution in [2.24, 2.45) is 0 Å². The maximum Gasteiger partial charge on any atom is 0.223 e. The zero-order valence-corrected chi connectivity index (χ0v) is 14.4. The molecule has 0 bridgehead atoms. The Kier molecular flexibility index (Phi) is 5.79. The quantitative estimate of drug-likeness (QED) is 0.807. The maximum absolute atomic E-state index is 12.9. The fourth-order valence-electron chi connectivity index (χ4n) is 3.60. The number of nitriles is 1. The van der Waals surface area contributed by atoms with Gasteiger partial charge in [0.2, 0.25) is 5.91 Å². The normalized spacial score (nSPS) is 15.9. The second-order valence-electron chi connectivity index (χ2n) is 6.58. The number of pyridine rings is 1. The topological polar surface area (TPSA) is 57.0 Å². The van der Waals surface area contributed by atoms with E-state index in [2.05, 4.69) is 35.3 Å². The Hall–Kier alpha value is -2.67. The van der Waals surface area contributed by atoms with Crippen molar-refractivity contribution in [3.05, 3.63) is 65.5 Å². The molecule has 0 saturated carbocycles. The maximum atomic E-state index is 12.9. The van der Waals surface area contributed by atoms with Crippen molar-refractivity contribution in [1.82, 2.24) is 9.88 Å². The summed E-state index contributed by atoms with van der Waals surface area (Å²) in [5.74, 6) is 0.414. The molecule has 1 aromatic heterocycles. The molecule has 1 aliphatic rings. The van der Waals surface area contributed by atoms with Gasteiger partial charge in [0.15, 0.2) is 0 Å². The lowest BCUT2D eigenvalue weighted by molar-refractivity contribution is -0.132. The van der Waals surface area contributed by atoms with E-state index >= 15 is 0 Å². The molecule has 0 aliphatic heterocycles. The number of nitrogens with zero attached hydrogens (tertiary/aromatic N) is 3. The van der Waals surface area contributed by atoms with Gasteiger partial charge in [-0.2, -0.15) is 5.26 Å². The third-order valence-corrected chi connectivity index (χ3v) is 4.86. The molecule has 2 aromatic rings. The number of benzene rings is 1. The van der Waals surface area contributed by atoms with Gasteiger partial charge in [-0.1, -0.05) is 30.3 Å². The first kappa shape index (κ1) is 17.2. The van der Waals surface area contributed by atoms with Crippen molar-refractivity contribution in [2.75, 3.05) is 6.54 Å². The van der Waals surface area contributed by atoms with Crippen LogP contribution in [0.15, 0.2) is 48.8 Å². The van der Waals surface area contributed by atoms with Gasteiger partial charge in [0.1, 0.15) is 0 Å². The van der Waals surface area contributed by atoms with E-state index in [1.165, 1.54) is 11.1 Å². The molecular formula is C21H23N3O. The molecule has 1 atom stereocenters. The molecule has 4 nitrogen and oxygen atoms in total. The molecule has 1 heterocycles. The molecule has 1 aliphatic carbocycles. The number of amides is 1. The largest absolute Gasteiger partial charge is 0.337 e. The van der Waals surface area contributed by atoms with Crippen LogP contribution in [0, 0.1) is 11.3 Å². The zero-order chi connectivity index (χ0) is 17.5. The minimum Gasteiger partial charge on any atom is -0.337 e. The molecule has 0 spiro atoms. The molecular weight excluding hydrogens is 310 g/mol. The van der Waals surface area contributed by atoms with Gasteiger partial charge in [0, 0.05) is 31.9 Å². The van der Waals surface area contributed by atoms with Crippen molar-refractivity contribution >= 4 is 5.91 Å². The number of hydrogen-bond donors (Lipinski definition) is 0. The van der Waals surface area contributed by atoms with Crippen LogP contribution in [0.2, 0.25) is 0 Å². The molecule has 128 valence electrons. The highest BCUT2D eigenvalue weighted by Gasteiger charge is 2.24. The van der Waals surface area contributed by atoms with Crippen LogP contribution in [0.3, 0.4) is 0 Å². The van der Waals surface area contributed by atoms with Crippen LogP contribution in [0.1, 0.15) is 48.3 Å². The van der Waals surface area contributed by atoms with Gasteiger partial charge in [0.05, 0.1) is 12.5 Å². The number of hydrogen-bond acceptors (Lipinski definition) is 3. The predicted molar refractivity (Wildman–Crippen MR) is 96.6 cm³/mol. The summed E-state index contributed by atoms with van der Waals surface area (Å²) in [7, 11) is 0. The Labute approximate surface area is 149 Å². The molecule has 1 aromatic carbocycles. The summed E-state index contributed by atoms with van der Waals surface area (Å²) in [6.45, 7) is 0.987. The number of aryl methyl sites for hydroxylation is 1. The van der Waals surface area contributed by atoms with Gasteiger partial charge in [-0.3, -0.25) is 9.78 Å². The van der Waals surface area contributed by atoms with E-state index in [9.17, 15) is 4.79 Å². The fourth-order valence-corrected chi connectivity index (χ4v) is 3.60. The molecule has 4 heteroatoms. The molecule has 0 fully saturated rings. The Morgan fingerprint density at radius 3 is 2.96 bits per heavy atom. The Morgan fingerprint density at radius 1 is 1.28 bits per heavy atom. The van der Waals surface area contributed by atoms with E-state index in [4.69, 9.17) is 5.26 Å². The first-order valence-corrected chi connectivity index (χ1v) is 8.89. The summed E-state index contributed by atoms with van der Waals surface area (Å²) < 4.78 is 0. The summed E-state index contributed by atoms with van der Waals surface area (Å²) >= 11 is 0. The highest BCUT2D eigenvalue weighted by Crippen LogP contribution is 2.34. The van der Waals surface area contributed by atoms with E-state index in [-0.39, 0.29) is 11.8 Å². The van der Waals surface area contributed by atoms with E-state index in [0.717, 1.165) is 24.8 Å². The van der Waals surface area contributed by atoms with Gasteiger partial charge in [0.25, 0.3) is 0 Å². The summed E-state index contributed by atoms with van der Waals surface area (Å²) in [5, 5.41) is 8.91. The molecule has 25 heavy (non-hydrogen) atoms. The lowest BCUT2D eigenvalue weighted by atomic mass is 9.81. The standard InChI is InChI=1S/C21H23N3O/c22-11-5-13-24(16-17-6-4-12-23-15-17)21(25)14-19-9-3-8-18-7-1-2-10-20(18)19/h1-2,4,6-7,10,12,15,19H,3,5,8-9,13-14,16H2/t19-/m0/s1. The second-order valence-corrected chi connectivity index (χ2v) is 6.58. The number of rotatable bonds is 6. The summed E-state index contributed by atoms with van der Waals surface area (Å²) in [5.41, 5.74) is 3.70. The van der Waals surface area contributed by atoms with E-state index in [1.807, 2.05) is 12.1 Å². The van der Waals surface area contributed by atoms with Gasteiger partial charge in [-0.25, -0.2) is 0 Å². The van der Waals surface area contributed by atoms with E-state index in [0.29, 0.717) is 25.9 Å². The zero-order valence-electron chi connectivity index (χ0n) is 14.4. The van der Waals surface area contributed by atoms with E-state index in [1.54, 1.807) is 17.3 Å². The van der Waals surface area contributed by atoms with Gasteiger partial charge in [-0.15, -0.1) is 0 Å². The third-order valence-electron chi connectivity index (χ3n) is 4.86. The molecule has 1 amide bonds. The summed E-state index contributed by atoms with van der Waals surface area (Å²) in [6.07, 6.45) is 7.68. The number of carbonyl (C=O) groups excluding carboxylic acids is 1. The number of fused-ring (bicyclic) bond motifs is 1. The van der Waals surface area contributed by atoms with Crippen LogP contribution >= 0.6 is 0 Å². The monoisotopic (exact) mass is 333 g/mol. The van der Waals surface area contributed by atoms with Crippen molar-refractivity contribution < 1.29 is 4.79 Å². The van der Waals surface area contributed by atoms with Crippen LogP contribution in [-0.2, 0) is 17.8 Å². The van der Waals surface area contributed by atoms with Crippen LogP contribution in [0.4, 0.5) is 0 Å². The minimum atomic E-state index is 0.126. The molecule has 0 N–H and O–H groups in total. The smallest absolute Gasteiger partial charge is 0.223 e. The van der Waals surface area contributed by atoms with Crippen LogP contribution in [0.25, 0.3) is 0 Å². The summed E-state index contributed by atoms with van der Waals surface area (Å²) in [4.78, 5) is 18.9. The average Bonchev–Trinajstić information content (AvgIpc) is 2.66. The SMILES string of the molecule is N#CCCN(Cc1cccnc1)C(=O)C[C@@H]1CCCc2ccccc21. The van der Waals surface area contributed by atoms with Gasteiger partial charge < -0.3 is 4.90 Å². The molecule has 3 rings (SSSR count). The van der Waals surface area contributed by atoms with Crippen molar-refractivity contribution in [3.63, 3.8) is 0 Å². The third kappa shape index (κ3) is 4.45. The summed E-state index contributed by atoms with van der Waals surface area (Å²) in [6, 6.07) is 14.5. The second kappa shape index (κ2) is 8.43. The molecule has 0 radical (unpaired) electrons. The Morgan fingerprint density at radius 2 is 2.16 bits per heavy atom. The Bertz CT molecular complexity index is 751. The highest BCUT2D eigenvalue weighted by atomic mass is 16.2. The predicted octanol–water partition coefficient (Wildman–Crippen LogP) is 3.83. The molecule has 0 saturated heterocycles. The number of aromatic nitrogens is 1. The van der Waals surface area contributed by atoms with Crippen LogP contribution < -0.4 is 0 Å². The van der Waals surface area contributed by atoms with E-state index < -0.39 is 0 Å². The average molecular weight is 333 g/mol. The fraction of sp³-hybridized carbons (Fsp3) is 0.381. The van der Waals surface area contributed by atoms with Crippen molar-refractivity contribution in [1.29, 1.82) is 5.26 Å². The first-order chi connectivity index (χ1) is 12.3. The van der Waals surface area contributed by atoms with Gasteiger partial charge in [-0.05, 0) is 47.9 Å². The number of carbonyl (C=O) groups is 1. The van der Waals surface area contributed by atoms with Crippen molar-refractivity contribution in [3.8, 4) is 6.07 Å². The lowest BCUT2D eigenvalue weighted by Crippen LogP contribution is -2.33. The van der Waals surface area contributed by atoms with Gasteiger partial charge >= 0.3 is 0 Å². The lowest BCUT2D eigenvalue weighted by Gasteiger charge is -2.28. The minimum absolute atomic E-state index is 0.126. The molecule has 0 unspecified atom stereocenters. The van der Waals surface area contributed by atoms with Crippen molar-refractivity contribution in [2.45, 2.75) is 44.6 Å². The Balaban J connectivity index is 1.71. The first-order valence-electron chi connectivity index (χ1n) is 8.89.